The fourth-order valence-electron chi connectivity index (χ4n) is 3.25. The number of amides is 2. The second-order valence-corrected chi connectivity index (χ2v) is 9.37. The van der Waals surface area contributed by atoms with Crippen molar-refractivity contribution in [2.75, 3.05) is 32.6 Å². The standard InChI is InChI=1S/C21H24N2O6S2/c1-5-28-21(27)16-11(2)17(19(25)23(3)4)31-18(16)22-15(24)10-29-20(26)14-9-12-7-6-8-13(12)30-14/h9H,5-8,10H2,1-4H3,(H,22,24). The van der Waals surface area contributed by atoms with E-state index < -0.39 is 24.5 Å². The van der Waals surface area contributed by atoms with Crippen LogP contribution in [0.1, 0.15) is 59.0 Å². The lowest BCUT2D eigenvalue weighted by molar-refractivity contribution is -0.119. The molecule has 3 rings (SSSR count). The van der Waals surface area contributed by atoms with Gasteiger partial charge in [0.1, 0.15) is 9.88 Å². The molecule has 0 bridgehead atoms. The highest BCUT2D eigenvalue weighted by atomic mass is 32.1. The smallest absolute Gasteiger partial charge is 0.348 e. The molecule has 0 fully saturated rings. The Bertz CT molecular complexity index is 1020. The van der Waals surface area contributed by atoms with Crippen molar-refractivity contribution in [3.63, 3.8) is 0 Å². The number of anilines is 1. The first-order valence-corrected chi connectivity index (χ1v) is 11.5. The van der Waals surface area contributed by atoms with E-state index in [1.807, 2.05) is 6.07 Å². The Morgan fingerprint density at radius 2 is 1.84 bits per heavy atom. The van der Waals surface area contributed by atoms with Gasteiger partial charge in [0, 0.05) is 19.0 Å². The number of rotatable bonds is 7. The molecule has 1 aliphatic rings. The quantitative estimate of drug-likeness (QED) is 0.631. The van der Waals surface area contributed by atoms with Crippen LogP contribution in [-0.2, 0) is 27.1 Å². The second-order valence-electron chi connectivity index (χ2n) is 7.22. The number of ether oxygens (including phenoxy) is 2. The van der Waals surface area contributed by atoms with E-state index in [0.717, 1.165) is 30.6 Å². The summed E-state index contributed by atoms with van der Waals surface area (Å²) in [5.41, 5.74) is 1.74. The van der Waals surface area contributed by atoms with Gasteiger partial charge in [0.15, 0.2) is 6.61 Å². The van der Waals surface area contributed by atoms with E-state index in [1.165, 1.54) is 26.7 Å². The zero-order chi connectivity index (χ0) is 22.7. The Balaban J connectivity index is 1.71. The number of carbonyl (C=O) groups excluding carboxylic acids is 4. The molecule has 2 heterocycles. The van der Waals surface area contributed by atoms with Crippen LogP contribution in [0.15, 0.2) is 6.07 Å². The molecule has 2 amide bonds. The summed E-state index contributed by atoms with van der Waals surface area (Å²) in [5.74, 6) is -2.07. The Morgan fingerprint density at radius 1 is 1.10 bits per heavy atom. The van der Waals surface area contributed by atoms with Crippen molar-refractivity contribution in [3.8, 4) is 0 Å². The van der Waals surface area contributed by atoms with Crippen molar-refractivity contribution >= 4 is 51.4 Å². The normalized spacial score (nSPS) is 12.3. The number of hydrogen-bond acceptors (Lipinski definition) is 8. The lowest BCUT2D eigenvalue weighted by atomic mass is 10.1. The van der Waals surface area contributed by atoms with Crippen molar-refractivity contribution in [2.45, 2.75) is 33.1 Å². The Morgan fingerprint density at radius 3 is 2.48 bits per heavy atom. The van der Waals surface area contributed by atoms with E-state index in [1.54, 1.807) is 27.9 Å². The Kier molecular flexibility index (Phi) is 7.11. The summed E-state index contributed by atoms with van der Waals surface area (Å²) in [6.45, 7) is 2.95. The number of fused-ring (bicyclic) bond motifs is 1. The van der Waals surface area contributed by atoms with Gasteiger partial charge in [-0.15, -0.1) is 22.7 Å². The first-order chi connectivity index (χ1) is 14.7. The molecule has 10 heteroatoms. The van der Waals surface area contributed by atoms with Crippen LogP contribution in [0.5, 0.6) is 0 Å². The average molecular weight is 465 g/mol. The van der Waals surface area contributed by atoms with Crippen molar-refractivity contribution in [3.05, 3.63) is 37.4 Å². The number of nitrogens with zero attached hydrogens (tertiary/aromatic N) is 1. The Hall–Kier alpha value is -2.72. The molecule has 0 unspecified atom stereocenters. The molecule has 0 aromatic carbocycles. The maximum Gasteiger partial charge on any atom is 0.348 e. The lowest BCUT2D eigenvalue weighted by Crippen LogP contribution is -2.21. The first-order valence-electron chi connectivity index (χ1n) is 9.83. The fraction of sp³-hybridized carbons (Fsp3) is 0.429. The van der Waals surface area contributed by atoms with Crippen LogP contribution in [0.2, 0.25) is 0 Å². The van der Waals surface area contributed by atoms with Crippen LogP contribution in [0.25, 0.3) is 0 Å². The van der Waals surface area contributed by atoms with Crippen molar-refractivity contribution in [2.24, 2.45) is 0 Å². The van der Waals surface area contributed by atoms with Crippen LogP contribution >= 0.6 is 22.7 Å². The van der Waals surface area contributed by atoms with E-state index >= 15 is 0 Å². The molecule has 0 saturated carbocycles. The number of thiophene rings is 2. The van der Waals surface area contributed by atoms with Gasteiger partial charge in [-0.25, -0.2) is 9.59 Å². The molecule has 2 aromatic rings. The van der Waals surface area contributed by atoms with Crippen LogP contribution in [0.4, 0.5) is 5.00 Å². The van der Waals surface area contributed by atoms with Crippen molar-refractivity contribution in [1.82, 2.24) is 4.90 Å². The van der Waals surface area contributed by atoms with Gasteiger partial charge in [-0.05, 0) is 50.3 Å². The fourth-order valence-corrected chi connectivity index (χ4v) is 5.63. The van der Waals surface area contributed by atoms with Gasteiger partial charge < -0.3 is 19.7 Å². The van der Waals surface area contributed by atoms with Gasteiger partial charge >= 0.3 is 11.9 Å². The topological polar surface area (TPSA) is 102 Å². The zero-order valence-electron chi connectivity index (χ0n) is 17.8. The van der Waals surface area contributed by atoms with Crippen LogP contribution in [0.3, 0.4) is 0 Å². The maximum atomic E-state index is 12.4. The molecule has 0 spiro atoms. The van der Waals surface area contributed by atoms with Crippen LogP contribution in [0, 0.1) is 6.92 Å². The average Bonchev–Trinajstić information content (AvgIpc) is 3.39. The third-order valence-corrected chi connectivity index (χ3v) is 7.17. The molecule has 1 aliphatic carbocycles. The molecule has 2 aromatic heterocycles. The van der Waals surface area contributed by atoms with Crippen molar-refractivity contribution in [1.29, 1.82) is 0 Å². The molecule has 1 N–H and O–H groups in total. The number of carbonyl (C=O) groups is 4. The molecule has 166 valence electrons. The summed E-state index contributed by atoms with van der Waals surface area (Å²) < 4.78 is 10.2. The number of aryl methyl sites for hydroxylation is 2. The van der Waals surface area contributed by atoms with Crippen LogP contribution < -0.4 is 5.32 Å². The van der Waals surface area contributed by atoms with Gasteiger partial charge in [-0.1, -0.05) is 0 Å². The largest absolute Gasteiger partial charge is 0.462 e. The van der Waals surface area contributed by atoms with E-state index in [-0.39, 0.29) is 23.1 Å². The van der Waals surface area contributed by atoms with Gasteiger partial charge in [0.05, 0.1) is 17.0 Å². The van der Waals surface area contributed by atoms with E-state index in [0.29, 0.717) is 15.3 Å². The minimum atomic E-state index is -0.630. The van der Waals surface area contributed by atoms with Gasteiger partial charge in [0.25, 0.3) is 11.8 Å². The molecular weight excluding hydrogens is 440 g/mol. The molecule has 0 radical (unpaired) electrons. The SMILES string of the molecule is CCOC(=O)c1c(NC(=O)COC(=O)c2cc3c(s2)CCC3)sc(C(=O)N(C)C)c1C. The van der Waals surface area contributed by atoms with Crippen molar-refractivity contribution < 1.29 is 28.7 Å². The second kappa shape index (κ2) is 9.61. The van der Waals surface area contributed by atoms with E-state index in [9.17, 15) is 19.2 Å². The summed E-state index contributed by atoms with van der Waals surface area (Å²) in [7, 11) is 3.20. The lowest BCUT2D eigenvalue weighted by Gasteiger charge is -2.09. The molecule has 8 nitrogen and oxygen atoms in total. The molecule has 0 saturated heterocycles. The highest BCUT2D eigenvalue weighted by Gasteiger charge is 2.27. The molecule has 0 aliphatic heterocycles. The van der Waals surface area contributed by atoms with Gasteiger partial charge in [-0.2, -0.15) is 0 Å². The summed E-state index contributed by atoms with van der Waals surface area (Å²) in [4.78, 5) is 52.9. The van der Waals surface area contributed by atoms with Gasteiger partial charge in [0.2, 0.25) is 0 Å². The van der Waals surface area contributed by atoms with E-state index in [4.69, 9.17) is 9.47 Å². The summed E-state index contributed by atoms with van der Waals surface area (Å²) in [6, 6.07) is 1.83. The summed E-state index contributed by atoms with van der Waals surface area (Å²) in [6.07, 6.45) is 3.03. The monoisotopic (exact) mass is 464 g/mol. The van der Waals surface area contributed by atoms with Crippen LogP contribution in [-0.4, -0.2) is 56.0 Å². The maximum absolute atomic E-state index is 12.4. The predicted molar refractivity (Wildman–Crippen MR) is 118 cm³/mol. The van der Waals surface area contributed by atoms with E-state index in [2.05, 4.69) is 5.32 Å². The zero-order valence-corrected chi connectivity index (χ0v) is 19.5. The number of esters is 2. The van der Waals surface area contributed by atoms with Gasteiger partial charge in [-0.3, -0.25) is 9.59 Å². The third kappa shape index (κ3) is 4.96. The highest BCUT2D eigenvalue weighted by molar-refractivity contribution is 7.18. The summed E-state index contributed by atoms with van der Waals surface area (Å²) in [5, 5.41) is 2.78. The third-order valence-electron chi connectivity index (χ3n) is 4.76. The molecular formula is C21H24N2O6S2. The molecule has 31 heavy (non-hydrogen) atoms. The number of hydrogen-bond donors (Lipinski definition) is 1. The molecule has 0 atom stereocenters. The first kappa shape index (κ1) is 23.0. The summed E-state index contributed by atoms with van der Waals surface area (Å²) >= 11 is 2.39. The minimum absolute atomic E-state index is 0.131. The predicted octanol–water partition coefficient (Wildman–Crippen LogP) is 3.28. The number of nitrogens with one attached hydrogen (secondary N) is 1. The Labute approximate surface area is 188 Å². The highest BCUT2D eigenvalue weighted by Crippen LogP contribution is 2.34. The minimum Gasteiger partial charge on any atom is -0.462 e.